The van der Waals surface area contributed by atoms with E-state index in [9.17, 15) is 14.0 Å². The predicted molar refractivity (Wildman–Crippen MR) is 158 cm³/mol. The Hall–Kier alpha value is -4.22. The molecule has 0 atom stereocenters. The molecule has 1 saturated heterocycles. The summed E-state index contributed by atoms with van der Waals surface area (Å²) in [4.78, 5) is 37.4. The number of fused-ring (bicyclic) bond motifs is 1. The number of benzene rings is 2. The Labute approximate surface area is 247 Å². The highest BCUT2D eigenvalue weighted by atomic mass is 35.5. The minimum atomic E-state index is -0.765. The summed E-state index contributed by atoms with van der Waals surface area (Å²) in [5.41, 5.74) is 1.86. The van der Waals surface area contributed by atoms with E-state index in [-0.39, 0.29) is 17.3 Å². The van der Waals surface area contributed by atoms with Crippen LogP contribution < -0.4 is 10.2 Å². The molecule has 0 amide bonds. The normalized spacial score (nSPS) is 13.7. The molecule has 1 fully saturated rings. The molecule has 1 aliphatic heterocycles. The van der Waals surface area contributed by atoms with Crippen molar-refractivity contribution in [3.05, 3.63) is 65.2 Å². The Bertz CT molecular complexity index is 1650. The fraction of sp³-hybridized carbons (Fsp3) is 0.333. The molecule has 0 radical (unpaired) electrons. The lowest BCUT2D eigenvalue weighted by Crippen LogP contribution is -2.37. The maximum absolute atomic E-state index is 13.7. The Kier molecular flexibility index (Phi) is 8.33. The Morgan fingerprint density at radius 3 is 2.57 bits per heavy atom. The maximum Gasteiger partial charge on any atom is 0.419 e. The summed E-state index contributed by atoms with van der Waals surface area (Å²) in [7, 11) is 0. The van der Waals surface area contributed by atoms with Crippen molar-refractivity contribution in [1.29, 1.82) is 0 Å². The van der Waals surface area contributed by atoms with Crippen LogP contribution in [0.3, 0.4) is 0 Å². The summed E-state index contributed by atoms with van der Waals surface area (Å²) in [6, 6.07) is 11.4. The predicted octanol–water partition coefficient (Wildman–Crippen LogP) is 6.43. The average Bonchev–Trinajstić information content (AvgIpc) is 3.34. The Morgan fingerprint density at radius 2 is 1.88 bits per heavy atom. The number of nitrogens with zero attached hydrogens (tertiary/aromatic N) is 4. The number of halogens is 2. The van der Waals surface area contributed by atoms with Gasteiger partial charge in [-0.2, -0.15) is 4.98 Å². The van der Waals surface area contributed by atoms with Crippen molar-refractivity contribution in [3.63, 3.8) is 0 Å². The van der Waals surface area contributed by atoms with Crippen molar-refractivity contribution < 1.29 is 28.2 Å². The van der Waals surface area contributed by atoms with E-state index in [1.807, 2.05) is 12.1 Å². The lowest BCUT2D eigenvalue weighted by molar-refractivity contribution is 0.0454. The summed E-state index contributed by atoms with van der Waals surface area (Å²) in [5, 5.41) is 3.71. The van der Waals surface area contributed by atoms with Crippen molar-refractivity contribution in [3.8, 4) is 11.1 Å². The van der Waals surface area contributed by atoms with Crippen LogP contribution in [0.15, 0.2) is 48.7 Å². The number of morpholine rings is 1. The number of carbonyl (C=O) groups excluding carboxylic acids is 2. The molecule has 12 heteroatoms. The molecule has 42 heavy (non-hydrogen) atoms. The van der Waals surface area contributed by atoms with Gasteiger partial charge in [0.1, 0.15) is 22.9 Å². The van der Waals surface area contributed by atoms with E-state index in [1.165, 1.54) is 16.7 Å². The number of hydrogen-bond donors (Lipinski definition) is 1. The number of rotatable bonds is 6. The highest BCUT2D eigenvalue weighted by Gasteiger charge is 2.27. The van der Waals surface area contributed by atoms with Crippen LogP contribution >= 0.6 is 11.6 Å². The SMILES string of the molecule is CCOC(=O)c1cc2cc(-c3cnc(Nc4ccc(F)c(Cl)c4)nc3N3CCOCC3)ccc2n1C(=O)OC(C)(C)C. The minimum Gasteiger partial charge on any atom is -0.461 e. The standard InChI is InChI=1S/C30H31ClFN5O5/c1-5-41-27(38)25-15-19-14-18(6-9-24(19)37(25)29(39)42-30(2,3)4)21-17-33-28(34-20-7-8-23(32)22(31)16-20)35-26(21)36-10-12-40-13-11-36/h6-9,14-17H,5,10-13H2,1-4H3,(H,33,34,35). The van der Waals surface area contributed by atoms with Crippen LogP contribution in [0.2, 0.25) is 5.02 Å². The molecule has 3 heterocycles. The number of ether oxygens (including phenoxy) is 3. The first-order chi connectivity index (χ1) is 20.0. The second-order valence-electron chi connectivity index (χ2n) is 10.6. The third kappa shape index (κ3) is 6.32. The first-order valence-electron chi connectivity index (χ1n) is 13.5. The van der Waals surface area contributed by atoms with Crippen LogP contribution in [0.25, 0.3) is 22.0 Å². The van der Waals surface area contributed by atoms with E-state index in [0.717, 1.165) is 11.1 Å². The van der Waals surface area contributed by atoms with Crippen LogP contribution in [0, 0.1) is 5.82 Å². The lowest BCUT2D eigenvalue weighted by Gasteiger charge is -2.29. The van der Waals surface area contributed by atoms with Crippen molar-refractivity contribution in [1.82, 2.24) is 14.5 Å². The Balaban J connectivity index is 1.58. The molecular weight excluding hydrogens is 565 g/mol. The van der Waals surface area contributed by atoms with Gasteiger partial charge in [0.25, 0.3) is 0 Å². The van der Waals surface area contributed by atoms with Crippen molar-refractivity contribution in [2.45, 2.75) is 33.3 Å². The number of carbonyl (C=O) groups is 2. The monoisotopic (exact) mass is 595 g/mol. The van der Waals surface area contributed by atoms with Crippen LogP contribution in [0.5, 0.6) is 0 Å². The summed E-state index contributed by atoms with van der Waals surface area (Å²) in [6.45, 7) is 9.46. The molecule has 1 N–H and O–H groups in total. The second-order valence-corrected chi connectivity index (χ2v) is 11.0. The van der Waals surface area contributed by atoms with Gasteiger partial charge < -0.3 is 24.4 Å². The molecule has 4 aromatic rings. The first-order valence-corrected chi connectivity index (χ1v) is 13.9. The third-order valence-electron chi connectivity index (χ3n) is 6.43. The van der Waals surface area contributed by atoms with Gasteiger partial charge >= 0.3 is 12.1 Å². The topological polar surface area (TPSA) is 108 Å². The van der Waals surface area contributed by atoms with E-state index in [2.05, 4.69) is 15.2 Å². The molecule has 0 aliphatic carbocycles. The van der Waals surface area contributed by atoms with E-state index in [1.54, 1.807) is 52.1 Å². The largest absolute Gasteiger partial charge is 0.461 e. The quantitative estimate of drug-likeness (QED) is 0.252. The highest BCUT2D eigenvalue weighted by Crippen LogP contribution is 2.34. The Morgan fingerprint density at radius 1 is 1.12 bits per heavy atom. The van der Waals surface area contributed by atoms with Gasteiger partial charge in [-0.05, 0) is 69.7 Å². The number of aromatic nitrogens is 3. The van der Waals surface area contributed by atoms with E-state index in [0.29, 0.717) is 54.7 Å². The van der Waals surface area contributed by atoms with E-state index < -0.39 is 23.5 Å². The fourth-order valence-electron chi connectivity index (χ4n) is 4.60. The number of nitrogens with one attached hydrogen (secondary N) is 1. The van der Waals surface area contributed by atoms with Crippen molar-refractivity contribution >= 4 is 52.0 Å². The molecule has 0 spiro atoms. The van der Waals surface area contributed by atoms with Gasteiger partial charge in [0, 0.05) is 35.9 Å². The smallest absolute Gasteiger partial charge is 0.419 e. The van der Waals surface area contributed by atoms with Crippen LogP contribution in [-0.2, 0) is 14.2 Å². The van der Waals surface area contributed by atoms with Crippen LogP contribution in [-0.4, -0.2) is 65.1 Å². The number of esters is 1. The van der Waals surface area contributed by atoms with Crippen molar-refractivity contribution in [2.75, 3.05) is 43.1 Å². The summed E-state index contributed by atoms with van der Waals surface area (Å²) in [5.74, 6) is -0.172. The van der Waals surface area contributed by atoms with Gasteiger partial charge in [-0.25, -0.2) is 23.5 Å². The molecule has 10 nitrogen and oxygen atoms in total. The van der Waals surface area contributed by atoms with Gasteiger partial charge in [0.15, 0.2) is 0 Å². The average molecular weight is 596 g/mol. The van der Waals surface area contributed by atoms with Crippen LogP contribution in [0.1, 0.15) is 38.2 Å². The molecule has 0 saturated carbocycles. The van der Waals surface area contributed by atoms with Crippen molar-refractivity contribution in [2.24, 2.45) is 0 Å². The molecule has 2 aromatic heterocycles. The van der Waals surface area contributed by atoms with E-state index >= 15 is 0 Å². The van der Waals surface area contributed by atoms with Gasteiger partial charge in [-0.3, -0.25) is 0 Å². The third-order valence-corrected chi connectivity index (χ3v) is 6.72. The molecule has 1 aliphatic rings. The molecule has 2 aromatic carbocycles. The fourth-order valence-corrected chi connectivity index (χ4v) is 4.78. The van der Waals surface area contributed by atoms with E-state index in [4.69, 9.17) is 30.8 Å². The zero-order valence-electron chi connectivity index (χ0n) is 23.7. The minimum absolute atomic E-state index is 0.0150. The zero-order valence-corrected chi connectivity index (χ0v) is 24.5. The van der Waals surface area contributed by atoms with Crippen LogP contribution in [0.4, 0.5) is 26.6 Å². The maximum atomic E-state index is 13.7. The zero-order chi connectivity index (χ0) is 30.0. The molecule has 220 valence electrons. The summed E-state index contributed by atoms with van der Waals surface area (Å²) < 4.78 is 31.3. The summed E-state index contributed by atoms with van der Waals surface area (Å²) >= 11 is 5.95. The van der Waals surface area contributed by atoms with Gasteiger partial charge in [-0.15, -0.1) is 0 Å². The molecule has 0 bridgehead atoms. The summed E-state index contributed by atoms with van der Waals surface area (Å²) in [6.07, 6.45) is 1.02. The lowest BCUT2D eigenvalue weighted by atomic mass is 10.1. The van der Waals surface area contributed by atoms with Gasteiger partial charge in [-0.1, -0.05) is 17.7 Å². The molecular formula is C30H31ClFN5O5. The highest BCUT2D eigenvalue weighted by molar-refractivity contribution is 6.31. The molecule has 0 unspecified atom stereocenters. The second kappa shape index (κ2) is 11.9. The van der Waals surface area contributed by atoms with Gasteiger partial charge in [0.2, 0.25) is 5.95 Å². The number of anilines is 3. The van der Waals surface area contributed by atoms with Gasteiger partial charge in [0.05, 0.1) is 30.4 Å². The molecule has 5 rings (SSSR count). The first kappa shape index (κ1) is 29.3. The number of hydrogen-bond acceptors (Lipinski definition) is 9.